The number of rotatable bonds is 5. The van der Waals surface area contributed by atoms with Crippen LogP contribution in [0, 0.1) is 0 Å². The number of hydrogen-bond donors (Lipinski definition) is 1. The van der Waals surface area contributed by atoms with Crippen LogP contribution in [-0.2, 0) is 4.74 Å². The van der Waals surface area contributed by atoms with Gasteiger partial charge in [-0.05, 0) is 44.1 Å². The molecule has 0 aliphatic carbocycles. The summed E-state index contributed by atoms with van der Waals surface area (Å²) in [7, 11) is 3.38. The number of carbonyl (C=O) groups is 1. The number of nitrogens with zero attached hydrogens (tertiary/aromatic N) is 2. The number of likely N-dealkylation sites (N-methyl/N-ethyl adjacent to an activating group) is 1. The maximum absolute atomic E-state index is 11.8. The van der Waals surface area contributed by atoms with E-state index >= 15 is 0 Å². The summed E-state index contributed by atoms with van der Waals surface area (Å²) in [5, 5.41) is 0. The second-order valence-corrected chi connectivity index (χ2v) is 5.24. The number of carbonyl (C=O) groups excluding carboxylic acids is 1. The highest BCUT2D eigenvalue weighted by molar-refractivity contribution is 5.96. The second kappa shape index (κ2) is 6.61. The number of nitrogen functional groups attached to an aromatic ring is 1. The molecule has 20 heavy (non-hydrogen) atoms. The molecule has 5 nitrogen and oxygen atoms in total. The summed E-state index contributed by atoms with van der Waals surface area (Å²) in [5.41, 5.74) is 7.72. The van der Waals surface area contributed by atoms with E-state index in [1.54, 1.807) is 6.07 Å². The first-order valence-corrected chi connectivity index (χ1v) is 7.03. The molecule has 110 valence electrons. The van der Waals surface area contributed by atoms with Crippen LogP contribution >= 0.6 is 0 Å². The van der Waals surface area contributed by atoms with Crippen LogP contribution in [0.4, 0.5) is 11.4 Å². The molecule has 0 saturated carbocycles. The van der Waals surface area contributed by atoms with E-state index in [0.717, 1.165) is 18.8 Å². The van der Waals surface area contributed by atoms with Gasteiger partial charge in [-0.15, -0.1) is 0 Å². The topological polar surface area (TPSA) is 58.8 Å². The van der Waals surface area contributed by atoms with E-state index in [-0.39, 0.29) is 5.97 Å². The van der Waals surface area contributed by atoms with Gasteiger partial charge in [0.1, 0.15) is 0 Å². The third-order valence-corrected chi connectivity index (χ3v) is 3.79. The van der Waals surface area contributed by atoms with Crippen molar-refractivity contribution in [2.45, 2.75) is 12.8 Å². The van der Waals surface area contributed by atoms with Gasteiger partial charge in [0.05, 0.1) is 18.4 Å². The number of hydrogen-bond acceptors (Lipinski definition) is 5. The Morgan fingerprint density at radius 1 is 1.40 bits per heavy atom. The minimum atomic E-state index is -0.347. The Hall–Kier alpha value is -1.75. The van der Waals surface area contributed by atoms with Gasteiger partial charge in [-0.3, -0.25) is 0 Å². The van der Waals surface area contributed by atoms with Gasteiger partial charge in [0.25, 0.3) is 0 Å². The van der Waals surface area contributed by atoms with E-state index in [0.29, 0.717) is 11.3 Å². The quantitative estimate of drug-likeness (QED) is 0.654. The van der Waals surface area contributed by atoms with Gasteiger partial charge in [-0.25, -0.2) is 4.79 Å². The van der Waals surface area contributed by atoms with Crippen LogP contribution in [-0.4, -0.2) is 51.2 Å². The molecule has 1 saturated heterocycles. The zero-order valence-electron chi connectivity index (χ0n) is 12.3. The fourth-order valence-electron chi connectivity index (χ4n) is 2.58. The van der Waals surface area contributed by atoms with Gasteiger partial charge < -0.3 is 20.3 Å². The van der Waals surface area contributed by atoms with Gasteiger partial charge in [0, 0.05) is 25.8 Å². The molecule has 1 aliphatic rings. The first kappa shape index (κ1) is 14.7. The van der Waals surface area contributed by atoms with Gasteiger partial charge in [0.2, 0.25) is 0 Å². The number of benzene rings is 1. The highest BCUT2D eigenvalue weighted by Crippen LogP contribution is 2.23. The Morgan fingerprint density at radius 3 is 2.75 bits per heavy atom. The monoisotopic (exact) mass is 277 g/mol. The number of methoxy groups -OCH3 is 1. The molecule has 1 aliphatic heterocycles. The Morgan fingerprint density at radius 2 is 2.10 bits per heavy atom. The maximum atomic E-state index is 11.8. The molecule has 1 fully saturated rings. The molecule has 1 aromatic carbocycles. The molecular weight excluding hydrogens is 254 g/mol. The van der Waals surface area contributed by atoms with Crippen molar-refractivity contribution in [3.63, 3.8) is 0 Å². The maximum Gasteiger partial charge on any atom is 0.340 e. The first-order valence-electron chi connectivity index (χ1n) is 7.03. The lowest BCUT2D eigenvalue weighted by molar-refractivity contribution is 0.0601. The van der Waals surface area contributed by atoms with Crippen LogP contribution < -0.4 is 10.6 Å². The molecular formula is C15H23N3O2. The Balaban J connectivity index is 2.07. The number of esters is 1. The van der Waals surface area contributed by atoms with E-state index in [9.17, 15) is 4.79 Å². The average Bonchev–Trinajstić information content (AvgIpc) is 2.97. The molecule has 0 spiro atoms. The summed E-state index contributed by atoms with van der Waals surface area (Å²) in [4.78, 5) is 16.4. The average molecular weight is 277 g/mol. The predicted molar refractivity (Wildman–Crippen MR) is 81.1 cm³/mol. The van der Waals surface area contributed by atoms with Gasteiger partial charge in [0.15, 0.2) is 0 Å². The van der Waals surface area contributed by atoms with E-state index in [2.05, 4.69) is 9.80 Å². The van der Waals surface area contributed by atoms with Crippen molar-refractivity contribution in [3.8, 4) is 0 Å². The normalized spacial score (nSPS) is 15.3. The summed E-state index contributed by atoms with van der Waals surface area (Å²) in [6, 6.07) is 5.37. The van der Waals surface area contributed by atoms with Crippen LogP contribution in [0.1, 0.15) is 23.2 Å². The SMILES string of the molecule is COC(=O)c1cc(N)ccc1N(C)CCN1CCCC1. The standard InChI is InChI=1S/C15H23N3O2/c1-17(9-10-18-7-3-4-8-18)14-6-5-12(16)11-13(14)15(19)20-2/h5-6,11H,3-4,7-10,16H2,1-2H3. The zero-order chi connectivity index (χ0) is 14.5. The largest absolute Gasteiger partial charge is 0.465 e. The smallest absolute Gasteiger partial charge is 0.340 e. The summed E-state index contributed by atoms with van der Waals surface area (Å²) in [6.07, 6.45) is 2.58. The van der Waals surface area contributed by atoms with E-state index < -0.39 is 0 Å². The lowest BCUT2D eigenvalue weighted by Gasteiger charge is -2.24. The fraction of sp³-hybridized carbons (Fsp3) is 0.533. The van der Waals surface area contributed by atoms with Crippen molar-refractivity contribution in [2.75, 3.05) is 51.0 Å². The zero-order valence-corrected chi connectivity index (χ0v) is 12.3. The highest BCUT2D eigenvalue weighted by Gasteiger charge is 2.17. The number of ether oxygens (including phenoxy) is 1. The van der Waals surface area contributed by atoms with Crippen molar-refractivity contribution >= 4 is 17.3 Å². The molecule has 0 unspecified atom stereocenters. The molecule has 1 heterocycles. The molecule has 2 N–H and O–H groups in total. The van der Waals surface area contributed by atoms with Crippen molar-refractivity contribution in [3.05, 3.63) is 23.8 Å². The van der Waals surface area contributed by atoms with Crippen molar-refractivity contribution in [2.24, 2.45) is 0 Å². The molecule has 0 atom stereocenters. The fourth-order valence-corrected chi connectivity index (χ4v) is 2.58. The summed E-state index contributed by atoms with van der Waals surface area (Å²) in [6.45, 7) is 4.26. The minimum absolute atomic E-state index is 0.347. The summed E-state index contributed by atoms with van der Waals surface area (Å²) in [5.74, 6) is -0.347. The van der Waals surface area contributed by atoms with Crippen LogP contribution in [0.15, 0.2) is 18.2 Å². The Kier molecular flexibility index (Phi) is 4.84. The van der Waals surface area contributed by atoms with Crippen molar-refractivity contribution < 1.29 is 9.53 Å². The van der Waals surface area contributed by atoms with E-state index in [1.807, 2.05) is 19.2 Å². The van der Waals surface area contributed by atoms with Crippen molar-refractivity contribution in [1.82, 2.24) is 4.90 Å². The lowest BCUT2D eigenvalue weighted by atomic mass is 10.1. The van der Waals surface area contributed by atoms with Crippen LogP contribution in [0.5, 0.6) is 0 Å². The second-order valence-electron chi connectivity index (χ2n) is 5.24. The third-order valence-electron chi connectivity index (χ3n) is 3.79. The molecule has 2 rings (SSSR count). The minimum Gasteiger partial charge on any atom is -0.465 e. The lowest BCUT2D eigenvalue weighted by Crippen LogP contribution is -2.32. The molecule has 0 bridgehead atoms. The van der Waals surface area contributed by atoms with Crippen LogP contribution in [0.25, 0.3) is 0 Å². The van der Waals surface area contributed by atoms with Gasteiger partial charge in [-0.2, -0.15) is 0 Å². The summed E-state index contributed by atoms with van der Waals surface area (Å²) < 4.78 is 4.83. The molecule has 5 heteroatoms. The third kappa shape index (κ3) is 3.42. The molecule has 0 aromatic heterocycles. The van der Waals surface area contributed by atoms with Crippen LogP contribution in [0.2, 0.25) is 0 Å². The van der Waals surface area contributed by atoms with Crippen LogP contribution in [0.3, 0.4) is 0 Å². The van der Waals surface area contributed by atoms with E-state index in [4.69, 9.17) is 10.5 Å². The highest BCUT2D eigenvalue weighted by atomic mass is 16.5. The Bertz CT molecular complexity index is 470. The van der Waals surface area contributed by atoms with Crippen molar-refractivity contribution in [1.29, 1.82) is 0 Å². The molecule has 0 amide bonds. The van der Waals surface area contributed by atoms with Gasteiger partial charge >= 0.3 is 5.97 Å². The van der Waals surface area contributed by atoms with Gasteiger partial charge in [-0.1, -0.05) is 0 Å². The summed E-state index contributed by atoms with van der Waals surface area (Å²) >= 11 is 0. The van der Waals surface area contributed by atoms with E-state index in [1.165, 1.54) is 33.0 Å². The predicted octanol–water partition coefficient (Wildman–Crippen LogP) is 1.59. The number of nitrogens with two attached hydrogens (primary N) is 1. The first-order chi connectivity index (χ1) is 9.61. The number of anilines is 2. The molecule has 1 aromatic rings. The Labute approximate surface area is 120 Å². The molecule has 0 radical (unpaired) electrons. The number of likely N-dealkylation sites (tertiary alicyclic amines) is 1.